The van der Waals surface area contributed by atoms with Gasteiger partial charge in [-0.15, -0.1) is 0 Å². The number of likely N-dealkylation sites (tertiary alicyclic amines) is 1. The molecule has 1 aliphatic rings. The van der Waals surface area contributed by atoms with Crippen LogP contribution in [0.1, 0.15) is 42.9 Å². The second-order valence-corrected chi connectivity index (χ2v) is 5.47. The van der Waals surface area contributed by atoms with Gasteiger partial charge in [-0.25, -0.2) is 0 Å². The van der Waals surface area contributed by atoms with E-state index in [1.807, 2.05) is 0 Å². The van der Waals surface area contributed by atoms with Crippen LogP contribution in [0.4, 0.5) is 5.69 Å². The van der Waals surface area contributed by atoms with Crippen molar-refractivity contribution in [1.29, 1.82) is 0 Å². The van der Waals surface area contributed by atoms with Crippen LogP contribution in [0.2, 0.25) is 0 Å². The van der Waals surface area contributed by atoms with Crippen molar-refractivity contribution in [1.82, 2.24) is 20.4 Å². The van der Waals surface area contributed by atoms with Gasteiger partial charge in [0.15, 0.2) is 5.69 Å². The van der Waals surface area contributed by atoms with Crippen molar-refractivity contribution < 1.29 is 4.79 Å². The maximum absolute atomic E-state index is 12.1. The lowest BCUT2D eigenvalue weighted by Crippen LogP contribution is -2.31. The monoisotopic (exact) mass is 279 g/mol. The molecule has 112 valence electrons. The first-order valence-electron chi connectivity index (χ1n) is 7.48. The summed E-state index contributed by atoms with van der Waals surface area (Å²) in [4.78, 5) is 14.5. The Morgan fingerprint density at radius 2 is 2.35 bits per heavy atom. The lowest BCUT2D eigenvalue weighted by molar-refractivity contribution is 0.0943. The summed E-state index contributed by atoms with van der Waals surface area (Å²) in [6.07, 6.45) is 2.94. The van der Waals surface area contributed by atoms with Gasteiger partial charge in [-0.1, -0.05) is 20.3 Å². The van der Waals surface area contributed by atoms with Gasteiger partial charge >= 0.3 is 0 Å². The van der Waals surface area contributed by atoms with Crippen LogP contribution >= 0.6 is 0 Å². The SMILES string of the molecule is CCCc1[nH]nc(C(=O)NCC2CCN(CC)C2)c1N. The van der Waals surface area contributed by atoms with E-state index in [0.29, 0.717) is 23.8 Å². The molecule has 6 heteroatoms. The number of anilines is 1. The highest BCUT2D eigenvalue weighted by atomic mass is 16.1. The second-order valence-electron chi connectivity index (χ2n) is 5.47. The number of amides is 1. The van der Waals surface area contributed by atoms with Crippen LogP contribution in [-0.4, -0.2) is 47.2 Å². The summed E-state index contributed by atoms with van der Waals surface area (Å²) >= 11 is 0. The molecule has 6 nitrogen and oxygen atoms in total. The van der Waals surface area contributed by atoms with Crippen molar-refractivity contribution in [3.05, 3.63) is 11.4 Å². The van der Waals surface area contributed by atoms with E-state index in [0.717, 1.165) is 44.6 Å². The van der Waals surface area contributed by atoms with Crippen molar-refractivity contribution in [2.24, 2.45) is 5.92 Å². The van der Waals surface area contributed by atoms with Crippen molar-refractivity contribution in [3.8, 4) is 0 Å². The van der Waals surface area contributed by atoms with Gasteiger partial charge in [-0.05, 0) is 31.8 Å². The number of nitrogens with two attached hydrogens (primary N) is 1. The van der Waals surface area contributed by atoms with Crippen LogP contribution in [-0.2, 0) is 6.42 Å². The Hall–Kier alpha value is -1.56. The average Bonchev–Trinajstić information content (AvgIpc) is 3.04. The smallest absolute Gasteiger partial charge is 0.273 e. The molecule has 2 heterocycles. The van der Waals surface area contributed by atoms with Gasteiger partial charge in [0.25, 0.3) is 5.91 Å². The third-order valence-electron chi connectivity index (χ3n) is 3.97. The van der Waals surface area contributed by atoms with E-state index >= 15 is 0 Å². The number of nitrogen functional groups attached to an aromatic ring is 1. The minimum absolute atomic E-state index is 0.170. The maximum Gasteiger partial charge on any atom is 0.273 e. The zero-order valence-corrected chi connectivity index (χ0v) is 12.4. The number of H-pyrrole nitrogens is 1. The van der Waals surface area contributed by atoms with E-state index in [1.165, 1.54) is 0 Å². The summed E-state index contributed by atoms with van der Waals surface area (Å²) < 4.78 is 0. The van der Waals surface area contributed by atoms with Crippen molar-refractivity contribution in [3.63, 3.8) is 0 Å². The molecule has 0 bridgehead atoms. The van der Waals surface area contributed by atoms with Gasteiger partial charge in [0.1, 0.15) is 0 Å². The number of aryl methyl sites for hydroxylation is 1. The fraction of sp³-hybridized carbons (Fsp3) is 0.714. The summed E-state index contributed by atoms with van der Waals surface area (Å²) in [7, 11) is 0. The highest BCUT2D eigenvalue weighted by Gasteiger charge is 2.23. The maximum atomic E-state index is 12.1. The molecule has 1 saturated heterocycles. The van der Waals surface area contributed by atoms with E-state index in [2.05, 4.69) is 34.3 Å². The Labute approximate surface area is 120 Å². The van der Waals surface area contributed by atoms with Gasteiger partial charge in [0.05, 0.1) is 11.4 Å². The van der Waals surface area contributed by atoms with Crippen molar-refractivity contribution >= 4 is 11.6 Å². The topological polar surface area (TPSA) is 87.0 Å². The van der Waals surface area contributed by atoms with Crippen LogP contribution in [0.5, 0.6) is 0 Å². The highest BCUT2D eigenvalue weighted by molar-refractivity contribution is 5.97. The largest absolute Gasteiger partial charge is 0.395 e. The van der Waals surface area contributed by atoms with E-state index < -0.39 is 0 Å². The number of carbonyl (C=O) groups excluding carboxylic acids is 1. The fourth-order valence-corrected chi connectivity index (χ4v) is 2.69. The average molecular weight is 279 g/mol. The number of hydrogen-bond acceptors (Lipinski definition) is 4. The summed E-state index contributed by atoms with van der Waals surface area (Å²) in [6.45, 7) is 8.21. The summed E-state index contributed by atoms with van der Waals surface area (Å²) in [6, 6.07) is 0. The lowest BCUT2D eigenvalue weighted by Gasteiger charge is -2.13. The second kappa shape index (κ2) is 6.74. The van der Waals surface area contributed by atoms with Crippen LogP contribution in [0, 0.1) is 5.92 Å². The quantitative estimate of drug-likeness (QED) is 0.725. The number of rotatable bonds is 6. The first kappa shape index (κ1) is 14.8. The minimum Gasteiger partial charge on any atom is -0.395 e. The fourth-order valence-electron chi connectivity index (χ4n) is 2.69. The zero-order chi connectivity index (χ0) is 14.5. The van der Waals surface area contributed by atoms with Gasteiger partial charge in [-0.2, -0.15) is 5.10 Å². The minimum atomic E-state index is -0.170. The Morgan fingerprint density at radius 1 is 1.55 bits per heavy atom. The Bertz CT molecular complexity index is 456. The molecule has 1 aromatic heterocycles. The molecule has 0 spiro atoms. The van der Waals surface area contributed by atoms with E-state index in [-0.39, 0.29) is 5.91 Å². The van der Waals surface area contributed by atoms with Crippen LogP contribution in [0.3, 0.4) is 0 Å². The lowest BCUT2D eigenvalue weighted by atomic mass is 10.1. The van der Waals surface area contributed by atoms with E-state index in [1.54, 1.807) is 0 Å². The number of aromatic nitrogens is 2. The van der Waals surface area contributed by atoms with Gasteiger partial charge in [-0.3, -0.25) is 9.89 Å². The number of carbonyl (C=O) groups is 1. The van der Waals surface area contributed by atoms with Crippen LogP contribution < -0.4 is 11.1 Å². The molecule has 0 aliphatic carbocycles. The van der Waals surface area contributed by atoms with Gasteiger partial charge in [0.2, 0.25) is 0 Å². The number of nitrogens with zero attached hydrogens (tertiary/aromatic N) is 2. The molecule has 2 rings (SSSR count). The molecule has 1 fully saturated rings. The predicted molar refractivity (Wildman–Crippen MR) is 79.5 cm³/mol. The molecular formula is C14H25N5O. The normalized spacial score (nSPS) is 19.4. The standard InChI is InChI=1S/C14H25N5O/c1-3-5-11-12(15)13(18-17-11)14(20)16-8-10-6-7-19(4-2)9-10/h10H,3-9,15H2,1-2H3,(H,16,20)(H,17,18). The Balaban J connectivity index is 1.86. The molecule has 4 N–H and O–H groups in total. The third kappa shape index (κ3) is 3.30. The molecule has 0 radical (unpaired) electrons. The summed E-state index contributed by atoms with van der Waals surface area (Å²) in [5.41, 5.74) is 7.64. The molecule has 1 aromatic rings. The van der Waals surface area contributed by atoms with E-state index in [4.69, 9.17) is 5.73 Å². The van der Waals surface area contributed by atoms with Crippen LogP contribution in [0.15, 0.2) is 0 Å². The number of aromatic amines is 1. The number of nitrogens with one attached hydrogen (secondary N) is 2. The first-order chi connectivity index (χ1) is 9.65. The molecule has 0 aromatic carbocycles. The Morgan fingerprint density at radius 3 is 3.00 bits per heavy atom. The zero-order valence-electron chi connectivity index (χ0n) is 12.4. The van der Waals surface area contributed by atoms with Crippen molar-refractivity contribution in [2.75, 3.05) is 31.9 Å². The first-order valence-corrected chi connectivity index (χ1v) is 7.48. The molecule has 1 amide bonds. The molecule has 1 atom stereocenters. The van der Waals surface area contributed by atoms with Gasteiger partial charge < -0.3 is 16.0 Å². The number of hydrogen-bond donors (Lipinski definition) is 3. The molecule has 0 saturated carbocycles. The Kier molecular flexibility index (Phi) is 5.00. The molecule has 1 aliphatic heterocycles. The predicted octanol–water partition coefficient (Wildman–Crippen LogP) is 1.02. The molecule has 1 unspecified atom stereocenters. The van der Waals surface area contributed by atoms with Gasteiger partial charge in [0, 0.05) is 13.1 Å². The molecular weight excluding hydrogens is 254 g/mol. The highest BCUT2D eigenvalue weighted by Crippen LogP contribution is 2.17. The molecule has 20 heavy (non-hydrogen) atoms. The summed E-state index contributed by atoms with van der Waals surface area (Å²) in [5, 5.41) is 9.85. The van der Waals surface area contributed by atoms with Crippen molar-refractivity contribution in [2.45, 2.75) is 33.1 Å². The summed E-state index contributed by atoms with van der Waals surface area (Å²) in [5.74, 6) is 0.366. The van der Waals surface area contributed by atoms with E-state index in [9.17, 15) is 4.79 Å². The third-order valence-corrected chi connectivity index (χ3v) is 3.97. The van der Waals surface area contributed by atoms with Crippen LogP contribution in [0.25, 0.3) is 0 Å².